The molecule has 0 fully saturated rings. The summed E-state index contributed by atoms with van der Waals surface area (Å²) in [5.74, 6) is -0.570. The van der Waals surface area contributed by atoms with Crippen molar-refractivity contribution in [2.45, 2.75) is 0 Å². The van der Waals surface area contributed by atoms with Crippen molar-refractivity contribution in [2.75, 3.05) is 5.32 Å². The number of nitrogens with zero attached hydrogens (tertiary/aromatic N) is 2. The Balaban J connectivity index is 2.18. The Morgan fingerprint density at radius 1 is 1.50 bits per heavy atom. The quantitative estimate of drug-likeness (QED) is 0.886. The van der Waals surface area contributed by atoms with Crippen LogP contribution in [0.5, 0.6) is 0 Å². The molecule has 2 N–H and O–H groups in total. The first-order valence-electron chi connectivity index (χ1n) is 4.28. The van der Waals surface area contributed by atoms with Crippen molar-refractivity contribution in [1.82, 2.24) is 15.2 Å². The first-order valence-corrected chi connectivity index (χ1v) is 5.08. The summed E-state index contributed by atoms with van der Waals surface area (Å²) in [4.78, 5) is 15.4. The third-order valence-corrected chi connectivity index (χ3v) is 2.44. The number of hydrogen-bond acceptors (Lipinski definition) is 3. The molecule has 0 radical (unpaired) electrons. The van der Waals surface area contributed by atoms with Gasteiger partial charge in [0.1, 0.15) is 12.1 Å². The highest BCUT2D eigenvalue weighted by atomic mass is 79.9. The lowest BCUT2D eigenvalue weighted by molar-refractivity contribution is 0.102. The third kappa shape index (κ3) is 2.25. The Morgan fingerprint density at radius 3 is 2.94 bits per heavy atom. The Kier molecular flexibility index (Phi) is 2.95. The van der Waals surface area contributed by atoms with E-state index >= 15 is 0 Å². The third-order valence-electron chi connectivity index (χ3n) is 1.83. The van der Waals surface area contributed by atoms with Crippen molar-refractivity contribution in [3.63, 3.8) is 0 Å². The largest absolute Gasteiger partial charge is 0.291 e. The van der Waals surface area contributed by atoms with Crippen molar-refractivity contribution in [1.29, 1.82) is 0 Å². The van der Waals surface area contributed by atoms with Gasteiger partial charge in [-0.25, -0.2) is 9.49 Å². The molecule has 1 aromatic heterocycles. The van der Waals surface area contributed by atoms with Crippen LogP contribution in [-0.2, 0) is 0 Å². The minimum atomic E-state index is -0.420. The van der Waals surface area contributed by atoms with Crippen LogP contribution in [0.25, 0.3) is 0 Å². The van der Waals surface area contributed by atoms with E-state index < -0.39 is 11.7 Å². The van der Waals surface area contributed by atoms with Crippen molar-refractivity contribution >= 4 is 27.8 Å². The molecule has 0 aliphatic carbocycles. The van der Waals surface area contributed by atoms with Gasteiger partial charge in [0.15, 0.2) is 0 Å². The van der Waals surface area contributed by atoms with Gasteiger partial charge in [-0.2, -0.15) is 10.1 Å². The average Bonchev–Trinajstić information content (AvgIpc) is 2.74. The second-order valence-electron chi connectivity index (χ2n) is 2.92. The van der Waals surface area contributed by atoms with E-state index in [4.69, 9.17) is 0 Å². The molecule has 82 valence electrons. The first kappa shape index (κ1) is 10.7. The fourth-order valence-corrected chi connectivity index (χ4v) is 1.46. The number of halogens is 2. The highest BCUT2D eigenvalue weighted by Gasteiger charge is 2.09. The molecule has 7 heteroatoms. The first-order chi connectivity index (χ1) is 7.66. The number of amides is 1. The summed E-state index contributed by atoms with van der Waals surface area (Å²) in [6.07, 6.45) is 1.27. The van der Waals surface area contributed by atoms with Crippen LogP contribution in [0.3, 0.4) is 0 Å². The molecule has 0 atom stereocenters. The number of aromatic amines is 1. The molecule has 16 heavy (non-hydrogen) atoms. The summed E-state index contributed by atoms with van der Waals surface area (Å²) in [6.45, 7) is 0. The van der Waals surface area contributed by atoms with Crippen LogP contribution in [0.2, 0.25) is 0 Å². The monoisotopic (exact) mass is 284 g/mol. The van der Waals surface area contributed by atoms with E-state index in [2.05, 4.69) is 36.4 Å². The minimum Gasteiger partial charge on any atom is -0.291 e. The Labute approximate surface area is 98.2 Å². The fourth-order valence-electron chi connectivity index (χ4n) is 1.08. The number of anilines is 1. The van der Waals surface area contributed by atoms with Crippen LogP contribution in [0, 0.1) is 5.82 Å². The topological polar surface area (TPSA) is 70.7 Å². The number of nitrogens with one attached hydrogen (secondary N) is 2. The zero-order chi connectivity index (χ0) is 11.5. The lowest BCUT2D eigenvalue weighted by Gasteiger charge is -2.02. The van der Waals surface area contributed by atoms with Crippen molar-refractivity contribution in [2.24, 2.45) is 0 Å². The van der Waals surface area contributed by atoms with Crippen LogP contribution in [0.15, 0.2) is 29.0 Å². The predicted octanol–water partition coefficient (Wildman–Crippen LogP) is 1.96. The van der Waals surface area contributed by atoms with Crippen LogP contribution < -0.4 is 5.32 Å². The van der Waals surface area contributed by atoms with Gasteiger partial charge in [-0.15, -0.1) is 0 Å². The van der Waals surface area contributed by atoms with Gasteiger partial charge in [0.05, 0.1) is 4.47 Å². The molecule has 1 aromatic carbocycles. The highest BCUT2D eigenvalue weighted by molar-refractivity contribution is 9.10. The van der Waals surface area contributed by atoms with E-state index in [9.17, 15) is 9.18 Å². The standard InChI is InChI=1S/C9H6BrFN4O/c10-6-3-5(1-2-7(6)11)8(16)14-9-12-4-13-15-9/h1-4H,(H2,12,13,14,15,16). The fraction of sp³-hybridized carbons (Fsp3) is 0. The summed E-state index contributed by atoms with van der Waals surface area (Å²) in [7, 11) is 0. The van der Waals surface area contributed by atoms with Gasteiger partial charge in [-0.1, -0.05) is 0 Å². The summed E-state index contributed by atoms with van der Waals surface area (Å²) < 4.78 is 13.2. The second-order valence-corrected chi connectivity index (χ2v) is 3.77. The Morgan fingerprint density at radius 2 is 2.31 bits per heavy atom. The lowest BCUT2D eigenvalue weighted by Crippen LogP contribution is -2.13. The Bertz CT molecular complexity index is 514. The van der Waals surface area contributed by atoms with Gasteiger partial charge in [-0.3, -0.25) is 10.1 Å². The van der Waals surface area contributed by atoms with Gasteiger partial charge in [-0.05, 0) is 34.1 Å². The molecule has 0 unspecified atom stereocenters. The van der Waals surface area contributed by atoms with E-state index in [0.717, 1.165) is 0 Å². The number of H-pyrrole nitrogens is 1. The molecule has 1 heterocycles. The molecule has 5 nitrogen and oxygen atoms in total. The minimum absolute atomic E-state index is 0.234. The van der Waals surface area contributed by atoms with Crippen LogP contribution in [-0.4, -0.2) is 21.1 Å². The van der Waals surface area contributed by atoms with Crippen molar-refractivity contribution in [3.05, 3.63) is 40.4 Å². The van der Waals surface area contributed by atoms with E-state index in [0.29, 0.717) is 5.56 Å². The molecular formula is C9H6BrFN4O. The summed E-state index contributed by atoms with van der Waals surface area (Å²) in [6, 6.07) is 3.98. The van der Waals surface area contributed by atoms with Crippen molar-refractivity contribution in [3.8, 4) is 0 Å². The number of benzene rings is 1. The molecule has 0 bridgehead atoms. The molecule has 0 saturated carbocycles. The number of carbonyl (C=O) groups excluding carboxylic acids is 1. The summed E-state index contributed by atoms with van der Waals surface area (Å²) in [5.41, 5.74) is 0.324. The highest BCUT2D eigenvalue weighted by Crippen LogP contribution is 2.17. The molecule has 0 spiro atoms. The zero-order valence-corrected chi connectivity index (χ0v) is 9.45. The zero-order valence-electron chi connectivity index (χ0n) is 7.87. The SMILES string of the molecule is O=C(Nc1ncn[nH]1)c1ccc(F)c(Br)c1. The molecule has 2 rings (SSSR count). The molecule has 2 aromatic rings. The van der Waals surface area contributed by atoms with Gasteiger partial charge in [0.2, 0.25) is 5.95 Å². The van der Waals surface area contributed by atoms with Crippen LogP contribution in [0.4, 0.5) is 10.3 Å². The maximum atomic E-state index is 12.9. The molecule has 0 aliphatic heterocycles. The van der Waals surface area contributed by atoms with E-state index in [1.165, 1.54) is 24.5 Å². The van der Waals surface area contributed by atoms with Gasteiger partial charge >= 0.3 is 0 Å². The number of aromatic nitrogens is 3. The maximum absolute atomic E-state index is 12.9. The van der Waals surface area contributed by atoms with E-state index in [1.807, 2.05) is 0 Å². The van der Waals surface area contributed by atoms with Gasteiger partial charge < -0.3 is 0 Å². The second kappa shape index (κ2) is 4.40. The van der Waals surface area contributed by atoms with Crippen LogP contribution in [0.1, 0.15) is 10.4 Å². The molecule has 1 amide bonds. The van der Waals surface area contributed by atoms with Crippen LogP contribution >= 0.6 is 15.9 Å². The van der Waals surface area contributed by atoms with Gasteiger partial charge in [0, 0.05) is 5.56 Å². The van der Waals surface area contributed by atoms with Gasteiger partial charge in [0.25, 0.3) is 5.91 Å². The van der Waals surface area contributed by atoms with E-state index in [1.54, 1.807) is 0 Å². The average molecular weight is 285 g/mol. The number of rotatable bonds is 2. The molecule has 0 saturated heterocycles. The summed E-state index contributed by atoms with van der Waals surface area (Å²) >= 11 is 3.00. The van der Waals surface area contributed by atoms with Crippen molar-refractivity contribution < 1.29 is 9.18 Å². The number of carbonyl (C=O) groups is 1. The maximum Gasteiger partial charge on any atom is 0.258 e. The molecule has 0 aliphatic rings. The smallest absolute Gasteiger partial charge is 0.258 e. The molecular weight excluding hydrogens is 279 g/mol. The predicted molar refractivity (Wildman–Crippen MR) is 58.4 cm³/mol. The normalized spacial score (nSPS) is 10.1. The van der Waals surface area contributed by atoms with E-state index in [-0.39, 0.29) is 10.4 Å². The summed E-state index contributed by atoms with van der Waals surface area (Å²) in [5, 5.41) is 8.54. The lowest BCUT2D eigenvalue weighted by atomic mass is 10.2. The number of hydrogen-bond donors (Lipinski definition) is 2. The Hall–Kier alpha value is -1.76.